The Bertz CT molecular complexity index is 929. The molecular formula is C22H26N4O2. The first kappa shape index (κ1) is 18.7. The van der Waals surface area contributed by atoms with Crippen molar-refractivity contribution < 1.29 is 9.53 Å². The molecule has 0 radical (unpaired) electrons. The molecule has 4 rings (SSSR count). The van der Waals surface area contributed by atoms with Gasteiger partial charge in [-0.05, 0) is 42.0 Å². The van der Waals surface area contributed by atoms with Gasteiger partial charge in [0.1, 0.15) is 0 Å². The molecule has 1 aliphatic heterocycles. The van der Waals surface area contributed by atoms with E-state index in [1.807, 2.05) is 24.5 Å². The molecule has 1 atom stereocenters. The lowest BCUT2D eigenvalue weighted by atomic mass is 9.92. The summed E-state index contributed by atoms with van der Waals surface area (Å²) in [6.07, 6.45) is 3.58. The Morgan fingerprint density at radius 2 is 1.86 bits per heavy atom. The first-order chi connectivity index (χ1) is 13.7. The van der Waals surface area contributed by atoms with Crippen LogP contribution in [-0.4, -0.2) is 34.7 Å². The third-order valence-electron chi connectivity index (χ3n) is 5.45. The van der Waals surface area contributed by atoms with Crippen molar-refractivity contribution in [1.29, 1.82) is 0 Å². The Kier molecular flexibility index (Phi) is 5.69. The molecule has 1 aliphatic rings. The predicted octanol–water partition coefficient (Wildman–Crippen LogP) is 2.45. The van der Waals surface area contributed by atoms with Crippen LogP contribution in [-0.2, 0) is 22.6 Å². The minimum atomic E-state index is -0.460. The highest BCUT2D eigenvalue weighted by atomic mass is 16.5. The van der Waals surface area contributed by atoms with E-state index in [1.54, 1.807) is 0 Å². The van der Waals surface area contributed by atoms with Crippen molar-refractivity contribution in [2.75, 3.05) is 13.2 Å². The maximum absolute atomic E-state index is 12.3. The highest BCUT2D eigenvalue weighted by Crippen LogP contribution is 2.18. The second-order valence-corrected chi connectivity index (χ2v) is 7.37. The van der Waals surface area contributed by atoms with Crippen LogP contribution in [0, 0.1) is 5.92 Å². The molecule has 2 aromatic carbocycles. The van der Waals surface area contributed by atoms with Crippen molar-refractivity contribution in [2.24, 2.45) is 11.7 Å². The normalized spacial score (nSPS) is 16.2. The molecule has 0 spiro atoms. The monoisotopic (exact) mass is 378 g/mol. The summed E-state index contributed by atoms with van der Waals surface area (Å²) in [6.45, 7) is 2.64. The molecule has 2 heterocycles. The number of imidazole rings is 1. The van der Waals surface area contributed by atoms with Gasteiger partial charge in [-0.15, -0.1) is 0 Å². The number of carbonyl (C=O) groups is 1. The zero-order valence-electron chi connectivity index (χ0n) is 15.9. The maximum Gasteiger partial charge on any atom is 0.237 e. The molecule has 1 saturated heterocycles. The van der Waals surface area contributed by atoms with Crippen LogP contribution in [0.1, 0.15) is 24.0 Å². The lowest BCUT2D eigenvalue weighted by molar-refractivity contribution is -0.124. The number of nitrogens with zero attached hydrogens (tertiary/aromatic N) is 2. The van der Waals surface area contributed by atoms with Gasteiger partial charge in [-0.1, -0.05) is 36.4 Å². The maximum atomic E-state index is 12.3. The molecule has 0 bridgehead atoms. The van der Waals surface area contributed by atoms with Crippen LogP contribution in [0.15, 0.2) is 54.9 Å². The summed E-state index contributed by atoms with van der Waals surface area (Å²) in [7, 11) is 0. The number of aromatic nitrogens is 2. The van der Waals surface area contributed by atoms with Crippen molar-refractivity contribution >= 4 is 16.9 Å². The summed E-state index contributed by atoms with van der Waals surface area (Å²) in [6, 6.07) is 15.9. The molecule has 3 N–H and O–H groups in total. The van der Waals surface area contributed by atoms with E-state index < -0.39 is 6.04 Å². The fourth-order valence-corrected chi connectivity index (χ4v) is 3.69. The Hall–Kier alpha value is -2.70. The number of hydrogen-bond acceptors (Lipinski definition) is 4. The van der Waals surface area contributed by atoms with E-state index in [9.17, 15) is 4.79 Å². The topological polar surface area (TPSA) is 82.2 Å². The number of nitrogens with two attached hydrogens (primary N) is 1. The van der Waals surface area contributed by atoms with E-state index in [2.05, 4.69) is 45.2 Å². The van der Waals surface area contributed by atoms with Crippen molar-refractivity contribution in [3.05, 3.63) is 66.0 Å². The van der Waals surface area contributed by atoms with Crippen molar-refractivity contribution in [1.82, 2.24) is 14.9 Å². The molecule has 146 valence electrons. The standard InChI is InChI=1S/C22H26N4O2/c23-21(18-9-11-28-12-10-18)22(27)24-13-16-5-7-17(8-6-16)14-26-15-25-19-3-1-2-4-20(19)26/h1-8,15,18,21H,9-14,23H2,(H,24,27). The minimum Gasteiger partial charge on any atom is -0.381 e. The van der Waals surface area contributed by atoms with E-state index in [-0.39, 0.29) is 11.8 Å². The van der Waals surface area contributed by atoms with Crippen LogP contribution in [0.25, 0.3) is 11.0 Å². The van der Waals surface area contributed by atoms with Crippen LogP contribution in [0.2, 0.25) is 0 Å². The first-order valence-electron chi connectivity index (χ1n) is 9.79. The van der Waals surface area contributed by atoms with Gasteiger partial charge in [-0.3, -0.25) is 4.79 Å². The van der Waals surface area contributed by atoms with Crippen LogP contribution < -0.4 is 11.1 Å². The molecule has 6 nitrogen and oxygen atoms in total. The van der Waals surface area contributed by atoms with Crippen LogP contribution in [0.5, 0.6) is 0 Å². The summed E-state index contributed by atoms with van der Waals surface area (Å²) in [4.78, 5) is 16.8. The lowest BCUT2D eigenvalue weighted by Crippen LogP contribution is -2.46. The number of amides is 1. The summed E-state index contributed by atoms with van der Waals surface area (Å²) in [5, 5.41) is 2.97. The predicted molar refractivity (Wildman–Crippen MR) is 109 cm³/mol. The highest BCUT2D eigenvalue weighted by Gasteiger charge is 2.26. The zero-order chi connectivity index (χ0) is 19.3. The van der Waals surface area contributed by atoms with Gasteiger partial charge in [0, 0.05) is 26.3 Å². The fourth-order valence-electron chi connectivity index (χ4n) is 3.69. The van der Waals surface area contributed by atoms with Crippen LogP contribution in [0.3, 0.4) is 0 Å². The number of ether oxygens (including phenoxy) is 1. The molecule has 3 aromatic rings. The number of fused-ring (bicyclic) bond motifs is 1. The summed E-state index contributed by atoms with van der Waals surface area (Å²) >= 11 is 0. The van der Waals surface area contributed by atoms with Gasteiger partial charge in [0.25, 0.3) is 0 Å². The molecule has 1 fully saturated rings. The Morgan fingerprint density at radius 1 is 1.14 bits per heavy atom. The molecule has 6 heteroatoms. The van der Waals surface area contributed by atoms with E-state index >= 15 is 0 Å². The second-order valence-electron chi connectivity index (χ2n) is 7.37. The molecule has 0 saturated carbocycles. The zero-order valence-corrected chi connectivity index (χ0v) is 15.9. The number of rotatable bonds is 6. The number of nitrogens with one attached hydrogen (secondary N) is 1. The van der Waals surface area contributed by atoms with Gasteiger partial charge in [-0.2, -0.15) is 0 Å². The van der Waals surface area contributed by atoms with E-state index in [0.717, 1.165) is 36.0 Å². The number of hydrogen-bond donors (Lipinski definition) is 2. The molecule has 1 amide bonds. The Morgan fingerprint density at radius 3 is 2.64 bits per heavy atom. The number of para-hydroxylation sites is 2. The molecule has 28 heavy (non-hydrogen) atoms. The smallest absolute Gasteiger partial charge is 0.237 e. The molecule has 1 unspecified atom stereocenters. The largest absolute Gasteiger partial charge is 0.381 e. The quantitative estimate of drug-likeness (QED) is 0.690. The van der Waals surface area contributed by atoms with Crippen molar-refractivity contribution in [3.63, 3.8) is 0 Å². The summed E-state index contributed by atoms with van der Waals surface area (Å²) in [5.74, 6) is 0.127. The number of carbonyl (C=O) groups excluding carboxylic acids is 1. The number of benzene rings is 2. The third kappa shape index (κ3) is 4.24. The van der Waals surface area contributed by atoms with Crippen LogP contribution in [0.4, 0.5) is 0 Å². The Balaban J connectivity index is 1.32. The molecule has 0 aliphatic carbocycles. The summed E-state index contributed by atoms with van der Waals surface area (Å²) in [5.41, 5.74) is 10.5. The van der Waals surface area contributed by atoms with Crippen molar-refractivity contribution in [3.8, 4) is 0 Å². The highest BCUT2D eigenvalue weighted by molar-refractivity contribution is 5.81. The van der Waals surface area contributed by atoms with Crippen molar-refractivity contribution in [2.45, 2.75) is 32.0 Å². The van der Waals surface area contributed by atoms with Gasteiger partial charge in [0.2, 0.25) is 5.91 Å². The Labute approximate surface area is 164 Å². The molecular weight excluding hydrogens is 352 g/mol. The fraction of sp³-hybridized carbons (Fsp3) is 0.364. The lowest BCUT2D eigenvalue weighted by Gasteiger charge is -2.26. The van der Waals surface area contributed by atoms with Gasteiger partial charge >= 0.3 is 0 Å². The average molecular weight is 378 g/mol. The summed E-state index contributed by atoms with van der Waals surface area (Å²) < 4.78 is 7.48. The van der Waals surface area contributed by atoms with E-state index in [1.165, 1.54) is 5.56 Å². The first-order valence-corrected chi connectivity index (χ1v) is 9.79. The average Bonchev–Trinajstić information content (AvgIpc) is 3.16. The van der Waals surface area contributed by atoms with Gasteiger partial charge in [-0.25, -0.2) is 4.98 Å². The van der Waals surface area contributed by atoms with Gasteiger partial charge < -0.3 is 20.4 Å². The second kappa shape index (κ2) is 8.54. The third-order valence-corrected chi connectivity index (χ3v) is 5.45. The van der Waals surface area contributed by atoms with E-state index in [0.29, 0.717) is 19.8 Å². The van der Waals surface area contributed by atoms with Gasteiger partial charge in [0.15, 0.2) is 0 Å². The molecule has 1 aromatic heterocycles. The SMILES string of the molecule is NC(C(=O)NCc1ccc(Cn2cnc3ccccc32)cc1)C1CCOCC1. The van der Waals surface area contributed by atoms with Gasteiger partial charge in [0.05, 0.1) is 23.4 Å². The van der Waals surface area contributed by atoms with Crippen LogP contribution >= 0.6 is 0 Å². The minimum absolute atomic E-state index is 0.0825. The van der Waals surface area contributed by atoms with E-state index in [4.69, 9.17) is 10.5 Å².